The highest BCUT2D eigenvalue weighted by Gasteiger charge is 2.25. The number of hydrogen-bond acceptors (Lipinski definition) is 5. The standard InChI is InChI=1S/C16H23N5O2S/c1-11(23-2)15-19-13(10-24-15)8-17-16(22)21-7-3-4-12(9-21)14-5-6-18-20-14/h5-6,10-12H,3-4,7-9H2,1-2H3,(H,17,22)(H,18,20). The monoisotopic (exact) mass is 349 g/mol. The van der Waals surface area contributed by atoms with E-state index in [4.69, 9.17) is 4.74 Å². The molecule has 3 heterocycles. The van der Waals surface area contributed by atoms with Crippen LogP contribution in [-0.2, 0) is 11.3 Å². The van der Waals surface area contributed by atoms with E-state index < -0.39 is 0 Å². The van der Waals surface area contributed by atoms with E-state index in [1.807, 2.05) is 23.3 Å². The van der Waals surface area contributed by atoms with Crippen LogP contribution in [0, 0.1) is 0 Å². The van der Waals surface area contributed by atoms with E-state index in [-0.39, 0.29) is 12.1 Å². The van der Waals surface area contributed by atoms with Crippen molar-refractivity contribution in [3.8, 4) is 0 Å². The van der Waals surface area contributed by atoms with Crippen LogP contribution in [0.15, 0.2) is 17.6 Å². The number of thiazole rings is 1. The quantitative estimate of drug-likeness (QED) is 0.869. The number of nitrogens with one attached hydrogen (secondary N) is 2. The molecule has 0 radical (unpaired) electrons. The minimum atomic E-state index is -0.0337. The molecule has 24 heavy (non-hydrogen) atoms. The van der Waals surface area contributed by atoms with E-state index in [2.05, 4.69) is 20.5 Å². The number of likely N-dealkylation sites (tertiary alicyclic amines) is 1. The highest BCUT2D eigenvalue weighted by Crippen LogP contribution is 2.25. The number of carbonyl (C=O) groups excluding carboxylic acids is 1. The topological polar surface area (TPSA) is 83.1 Å². The van der Waals surface area contributed by atoms with Crippen molar-refractivity contribution in [2.24, 2.45) is 0 Å². The summed E-state index contributed by atoms with van der Waals surface area (Å²) in [4.78, 5) is 18.8. The molecule has 2 N–H and O–H groups in total. The van der Waals surface area contributed by atoms with Gasteiger partial charge in [-0.05, 0) is 25.8 Å². The first-order valence-electron chi connectivity index (χ1n) is 8.16. The Morgan fingerprint density at radius 3 is 3.25 bits per heavy atom. The van der Waals surface area contributed by atoms with Crippen LogP contribution in [0.3, 0.4) is 0 Å². The van der Waals surface area contributed by atoms with Gasteiger partial charge in [0.2, 0.25) is 0 Å². The normalized spacial score (nSPS) is 19.2. The molecule has 2 amide bonds. The van der Waals surface area contributed by atoms with Crippen LogP contribution in [0.2, 0.25) is 0 Å². The molecule has 1 aliphatic rings. The fourth-order valence-electron chi connectivity index (χ4n) is 2.88. The van der Waals surface area contributed by atoms with E-state index in [0.717, 1.165) is 42.3 Å². The van der Waals surface area contributed by atoms with E-state index in [0.29, 0.717) is 12.5 Å². The number of aromatic amines is 1. The average molecular weight is 349 g/mol. The molecule has 0 spiro atoms. The molecule has 2 atom stereocenters. The van der Waals surface area contributed by atoms with Crippen molar-refractivity contribution in [1.82, 2.24) is 25.4 Å². The first-order chi connectivity index (χ1) is 11.7. The van der Waals surface area contributed by atoms with Gasteiger partial charge in [-0.2, -0.15) is 5.10 Å². The third kappa shape index (κ3) is 3.93. The number of ether oxygens (including phenoxy) is 1. The molecule has 0 aliphatic carbocycles. The molecule has 130 valence electrons. The van der Waals surface area contributed by atoms with Gasteiger partial charge in [-0.25, -0.2) is 9.78 Å². The van der Waals surface area contributed by atoms with Gasteiger partial charge in [0.25, 0.3) is 0 Å². The van der Waals surface area contributed by atoms with Gasteiger partial charge in [0, 0.05) is 43.4 Å². The lowest BCUT2D eigenvalue weighted by atomic mass is 9.95. The number of piperidine rings is 1. The van der Waals surface area contributed by atoms with Gasteiger partial charge in [0.1, 0.15) is 11.1 Å². The van der Waals surface area contributed by atoms with Crippen molar-refractivity contribution in [2.45, 2.75) is 38.3 Å². The first kappa shape index (κ1) is 16.9. The lowest BCUT2D eigenvalue weighted by Gasteiger charge is -2.32. The molecular weight excluding hydrogens is 326 g/mol. The summed E-state index contributed by atoms with van der Waals surface area (Å²) >= 11 is 1.56. The Labute approximate surface area is 145 Å². The summed E-state index contributed by atoms with van der Waals surface area (Å²) in [5.74, 6) is 0.334. The predicted molar refractivity (Wildman–Crippen MR) is 91.9 cm³/mol. The van der Waals surface area contributed by atoms with E-state index >= 15 is 0 Å². The smallest absolute Gasteiger partial charge is 0.317 e. The molecule has 0 bridgehead atoms. The molecule has 1 fully saturated rings. The van der Waals surface area contributed by atoms with E-state index in [9.17, 15) is 4.79 Å². The Bertz CT molecular complexity index is 657. The van der Waals surface area contributed by atoms with Crippen LogP contribution in [0.25, 0.3) is 0 Å². The Kier molecular flexibility index (Phi) is 5.47. The SMILES string of the molecule is COC(C)c1nc(CNC(=O)N2CCCC(c3ccn[nH]3)C2)cs1. The Hall–Kier alpha value is -1.93. The van der Waals surface area contributed by atoms with Crippen molar-refractivity contribution in [3.63, 3.8) is 0 Å². The number of H-pyrrole nitrogens is 1. The van der Waals surface area contributed by atoms with Crippen LogP contribution in [-0.4, -0.2) is 46.3 Å². The minimum absolute atomic E-state index is 0.0169. The number of aromatic nitrogens is 3. The number of methoxy groups -OCH3 is 1. The lowest BCUT2D eigenvalue weighted by Crippen LogP contribution is -2.44. The molecule has 0 saturated carbocycles. The largest absolute Gasteiger partial charge is 0.375 e. The number of hydrogen-bond donors (Lipinski definition) is 2. The molecule has 3 rings (SSSR count). The molecule has 2 aromatic heterocycles. The fourth-order valence-corrected chi connectivity index (χ4v) is 3.73. The zero-order chi connectivity index (χ0) is 16.9. The molecular formula is C16H23N5O2S. The fraction of sp³-hybridized carbons (Fsp3) is 0.562. The molecule has 1 aliphatic heterocycles. The number of urea groups is 1. The van der Waals surface area contributed by atoms with Gasteiger partial charge in [-0.1, -0.05) is 0 Å². The Morgan fingerprint density at radius 2 is 2.50 bits per heavy atom. The summed E-state index contributed by atoms with van der Waals surface area (Å²) in [6.45, 7) is 3.91. The van der Waals surface area contributed by atoms with Gasteiger partial charge < -0.3 is 15.0 Å². The van der Waals surface area contributed by atoms with Crippen molar-refractivity contribution in [2.75, 3.05) is 20.2 Å². The average Bonchev–Trinajstić information content (AvgIpc) is 3.30. The van der Waals surface area contributed by atoms with Gasteiger partial charge in [-0.15, -0.1) is 11.3 Å². The van der Waals surface area contributed by atoms with Gasteiger partial charge in [-0.3, -0.25) is 5.10 Å². The predicted octanol–water partition coefficient (Wildman–Crippen LogP) is 2.66. The Balaban J connectivity index is 1.52. The maximum Gasteiger partial charge on any atom is 0.317 e. The second-order valence-electron chi connectivity index (χ2n) is 6.01. The number of carbonyl (C=O) groups is 1. The van der Waals surface area contributed by atoms with E-state index in [1.165, 1.54) is 0 Å². The maximum atomic E-state index is 12.4. The molecule has 8 heteroatoms. The summed E-state index contributed by atoms with van der Waals surface area (Å²) in [6.07, 6.45) is 3.83. The maximum absolute atomic E-state index is 12.4. The minimum Gasteiger partial charge on any atom is -0.375 e. The Morgan fingerprint density at radius 1 is 1.62 bits per heavy atom. The van der Waals surface area contributed by atoms with Crippen LogP contribution in [0.4, 0.5) is 4.79 Å². The number of rotatable bonds is 5. The van der Waals surface area contributed by atoms with Crippen LogP contribution >= 0.6 is 11.3 Å². The van der Waals surface area contributed by atoms with Gasteiger partial charge in [0.15, 0.2) is 0 Å². The van der Waals surface area contributed by atoms with Crippen LogP contribution < -0.4 is 5.32 Å². The summed E-state index contributed by atoms with van der Waals surface area (Å²) in [5, 5.41) is 12.9. The molecule has 7 nitrogen and oxygen atoms in total. The molecule has 2 aromatic rings. The first-order valence-corrected chi connectivity index (χ1v) is 9.04. The van der Waals surface area contributed by atoms with Crippen LogP contribution in [0.1, 0.15) is 48.2 Å². The van der Waals surface area contributed by atoms with Gasteiger partial charge in [0.05, 0.1) is 12.2 Å². The second-order valence-corrected chi connectivity index (χ2v) is 6.90. The third-order valence-electron chi connectivity index (χ3n) is 4.36. The summed E-state index contributed by atoms with van der Waals surface area (Å²) < 4.78 is 5.26. The molecule has 0 aromatic carbocycles. The molecule has 2 unspecified atom stereocenters. The summed E-state index contributed by atoms with van der Waals surface area (Å²) in [5.41, 5.74) is 1.97. The van der Waals surface area contributed by atoms with Crippen molar-refractivity contribution >= 4 is 17.4 Å². The van der Waals surface area contributed by atoms with Crippen molar-refractivity contribution in [3.05, 3.63) is 34.0 Å². The number of amides is 2. The molecule has 1 saturated heterocycles. The van der Waals surface area contributed by atoms with Gasteiger partial charge >= 0.3 is 6.03 Å². The van der Waals surface area contributed by atoms with Crippen molar-refractivity contribution in [1.29, 1.82) is 0 Å². The summed E-state index contributed by atoms with van der Waals surface area (Å²) in [7, 11) is 1.67. The second kappa shape index (κ2) is 7.76. The highest BCUT2D eigenvalue weighted by atomic mass is 32.1. The third-order valence-corrected chi connectivity index (χ3v) is 5.42. The summed E-state index contributed by atoms with van der Waals surface area (Å²) in [6, 6.07) is 1.95. The van der Waals surface area contributed by atoms with E-state index in [1.54, 1.807) is 24.6 Å². The zero-order valence-electron chi connectivity index (χ0n) is 14.0. The van der Waals surface area contributed by atoms with Crippen molar-refractivity contribution < 1.29 is 9.53 Å². The number of nitrogens with zero attached hydrogens (tertiary/aromatic N) is 3. The highest BCUT2D eigenvalue weighted by molar-refractivity contribution is 7.09. The van der Waals surface area contributed by atoms with Crippen LogP contribution in [0.5, 0.6) is 0 Å². The lowest BCUT2D eigenvalue weighted by molar-refractivity contribution is 0.119. The zero-order valence-corrected chi connectivity index (χ0v) is 14.8.